The topological polar surface area (TPSA) is 26.7 Å². The standard InChI is InChI=1S/C18H30N2O/c1-18(2,17(21)15-9-6-5-7-10-15)14-20-12-8-11-16(13-20)19(3)4/h5-7,9-10,16-17,21H,8,11-14H2,1-4H3. The minimum absolute atomic E-state index is 0.143. The van der Waals surface area contributed by atoms with Gasteiger partial charge in [0.2, 0.25) is 0 Å². The van der Waals surface area contributed by atoms with Gasteiger partial charge in [0.05, 0.1) is 6.10 Å². The zero-order chi connectivity index (χ0) is 15.5. The van der Waals surface area contributed by atoms with E-state index in [9.17, 15) is 5.11 Å². The Morgan fingerprint density at radius 1 is 1.29 bits per heavy atom. The zero-order valence-corrected chi connectivity index (χ0v) is 13.9. The molecule has 3 heteroatoms. The zero-order valence-electron chi connectivity index (χ0n) is 13.9. The summed E-state index contributed by atoms with van der Waals surface area (Å²) in [5.74, 6) is 0. The first-order valence-corrected chi connectivity index (χ1v) is 8.02. The van der Waals surface area contributed by atoms with Gasteiger partial charge in [0, 0.05) is 24.5 Å². The van der Waals surface area contributed by atoms with Gasteiger partial charge in [-0.2, -0.15) is 0 Å². The number of benzene rings is 1. The molecule has 0 aromatic heterocycles. The van der Waals surface area contributed by atoms with Gasteiger partial charge in [-0.05, 0) is 39.0 Å². The third-order valence-electron chi connectivity index (χ3n) is 4.70. The number of nitrogens with zero attached hydrogens (tertiary/aromatic N) is 2. The first-order valence-electron chi connectivity index (χ1n) is 8.02. The van der Waals surface area contributed by atoms with Crippen LogP contribution in [0.25, 0.3) is 0 Å². The van der Waals surface area contributed by atoms with E-state index < -0.39 is 6.10 Å². The highest BCUT2D eigenvalue weighted by Gasteiger charge is 2.33. The number of likely N-dealkylation sites (tertiary alicyclic amines) is 1. The second kappa shape index (κ2) is 6.91. The molecule has 0 bridgehead atoms. The summed E-state index contributed by atoms with van der Waals surface area (Å²) in [7, 11) is 4.33. The maximum atomic E-state index is 10.7. The van der Waals surface area contributed by atoms with Gasteiger partial charge < -0.3 is 14.9 Å². The van der Waals surface area contributed by atoms with Gasteiger partial charge in [-0.1, -0.05) is 44.2 Å². The predicted molar refractivity (Wildman–Crippen MR) is 88.3 cm³/mol. The number of likely N-dealkylation sites (N-methyl/N-ethyl adjacent to an activating group) is 1. The summed E-state index contributed by atoms with van der Waals surface area (Å²) in [6.45, 7) is 7.54. The lowest BCUT2D eigenvalue weighted by Gasteiger charge is -2.41. The summed E-state index contributed by atoms with van der Waals surface area (Å²) in [6.07, 6.45) is 2.12. The van der Waals surface area contributed by atoms with Gasteiger partial charge in [0.15, 0.2) is 0 Å². The molecule has 1 aromatic carbocycles. The molecule has 0 saturated carbocycles. The van der Waals surface area contributed by atoms with E-state index in [0.29, 0.717) is 6.04 Å². The van der Waals surface area contributed by atoms with Crippen molar-refractivity contribution >= 4 is 0 Å². The largest absolute Gasteiger partial charge is 0.388 e. The molecular weight excluding hydrogens is 260 g/mol. The van der Waals surface area contributed by atoms with E-state index in [2.05, 4.69) is 37.7 Å². The van der Waals surface area contributed by atoms with E-state index in [1.807, 2.05) is 30.3 Å². The highest BCUT2D eigenvalue weighted by Crippen LogP contribution is 2.34. The Kier molecular flexibility index (Phi) is 5.42. The molecule has 0 spiro atoms. The van der Waals surface area contributed by atoms with Crippen LogP contribution in [0.4, 0.5) is 0 Å². The first kappa shape index (κ1) is 16.5. The predicted octanol–water partition coefficient (Wildman–Crippen LogP) is 2.77. The van der Waals surface area contributed by atoms with Crippen LogP contribution in [-0.2, 0) is 0 Å². The van der Waals surface area contributed by atoms with Gasteiger partial charge in [0.1, 0.15) is 0 Å². The van der Waals surface area contributed by atoms with Crippen molar-refractivity contribution < 1.29 is 5.11 Å². The first-order chi connectivity index (χ1) is 9.90. The molecule has 3 nitrogen and oxygen atoms in total. The van der Waals surface area contributed by atoms with Crippen LogP contribution in [0, 0.1) is 5.41 Å². The molecule has 21 heavy (non-hydrogen) atoms. The molecule has 1 aromatic rings. The number of hydrogen-bond acceptors (Lipinski definition) is 3. The Labute approximate surface area is 129 Å². The van der Waals surface area contributed by atoms with Gasteiger partial charge in [-0.3, -0.25) is 0 Å². The maximum Gasteiger partial charge on any atom is 0.0853 e. The molecule has 118 valence electrons. The SMILES string of the molecule is CN(C)C1CCCN(CC(C)(C)C(O)c2ccccc2)C1. The quantitative estimate of drug-likeness (QED) is 0.903. The molecule has 1 aliphatic heterocycles. The van der Waals surface area contributed by atoms with Crippen LogP contribution >= 0.6 is 0 Å². The van der Waals surface area contributed by atoms with Crippen LogP contribution in [0.1, 0.15) is 38.4 Å². The summed E-state index contributed by atoms with van der Waals surface area (Å²) >= 11 is 0. The number of hydrogen-bond donors (Lipinski definition) is 1. The fraction of sp³-hybridized carbons (Fsp3) is 0.667. The Hall–Kier alpha value is -0.900. The molecule has 0 radical (unpaired) electrons. The van der Waals surface area contributed by atoms with Crippen LogP contribution in [-0.4, -0.2) is 54.7 Å². The number of aliphatic hydroxyl groups is 1. The van der Waals surface area contributed by atoms with Crippen molar-refractivity contribution in [2.75, 3.05) is 33.7 Å². The van der Waals surface area contributed by atoms with Crippen molar-refractivity contribution in [2.45, 2.75) is 38.8 Å². The van der Waals surface area contributed by atoms with Crippen molar-refractivity contribution in [1.29, 1.82) is 0 Å². The number of piperidine rings is 1. The molecule has 2 atom stereocenters. The summed E-state index contributed by atoms with van der Waals surface area (Å²) in [5, 5.41) is 10.7. The lowest BCUT2D eigenvalue weighted by atomic mass is 9.81. The highest BCUT2D eigenvalue weighted by molar-refractivity contribution is 5.19. The van der Waals surface area contributed by atoms with Gasteiger partial charge >= 0.3 is 0 Å². The summed E-state index contributed by atoms with van der Waals surface area (Å²) < 4.78 is 0. The van der Waals surface area contributed by atoms with E-state index in [-0.39, 0.29) is 5.41 Å². The molecular formula is C18H30N2O. The minimum Gasteiger partial charge on any atom is -0.388 e. The summed E-state index contributed by atoms with van der Waals surface area (Å²) in [5.41, 5.74) is 0.874. The van der Waals surface area contributed by atoms with Gasteiger partial charge in [-0.25, -0.2) is 0 Å². The van der Waals surface area contributed by atoms with Crippen molar-refractivity contribution in [2.24, 2.45) is 5.41 Å². The minimum atomic E-state index is -0.418. The molecule has 1 fully saturated rings. The van der Waals surface area contributed by atoms with E-state index in [0.717, 1.165) is 25.2 Å². The highest BCUT2D eigenvalue weighted by atomic mass is 16.3. The summed E-state index contributed by atoms with van der Waals surface area (Å²) in [6, 6.07) is 10.7. The van der Waals surface area contributed by atoms with Gasteiger partial charge in [-0.15, -0.1) is 0 Å². The van der Waals surface area contributed by atoms with E-state index in [1.165, 1.54) is 12.8 Å². The van der Waals surface area contributed by atoms with E-state index in [1.54, 1.807) is 0 Å². The monoisotopic (exact) mass is 290 g/mol. The van der Waals surface area contributed by atoms with Crippen LogP contribution in [0.3, 0.4) is 0 Å². The maximum absolute atomic E-state index is 10.7. The molecule has 2 rings (SSSR count). The third kappa shape index (κ3) is 4.29. The number of aliphatic hydroxyl groups excluding tert-OH is 1. The molecule has 2 unspecified atom stereocenters. The normalized spacial score (nSPS) is 22.5. The Bertz CT molecular complexity index is 430. The van der Waals surface area contributed by atoms with Crippen molar-refractivity contribution in [3.63, 3.8) is 0 Å². The molecule has 1 heterocycles. The Balaban J connectivity index is 2.00. The van der Waals surface area contributed by atoms with Crippen LogP contribution < -0.4 is 0 Å². The molecule has 1 N–H and O–H groups in total. The van der Waals surface area contributed by atoms with Crippen LogP contribution in [0.2, 0.25) is 0 Å². The summed E-state index contributed by atoms with van der Waals surface area (Å²) in [4.78, 5) is 4.84. The van der Waals surface area contributed by atoms with Gasteiger partial charge in [0.25, 0.3) is 0 Å². The molecule has 1 aliphatic rings. The molecule has 0 aliphatic carbocycles. The second-order valence-corrected chi connectivity index (χ2v) is 7.30. The van der Waals surface area contributed by atoms with Crippen LogP contribution in [0.5, 0.6) is 0 Å². The number of rotatable bonds is 5. The molecule has 1 saturated heterocycles. The van der Waals surface area contributed by atoms with E-state index in [4.69, 9.17) is 0 Å². The van der Waals surface area contributed by atoms with Crippen molar-refractivity contribution in [3.8, 4) is 0 Å². The fourth-order valence-electron chi connectivity index (χ4n) is 3.35. The average molecular weight is 290 g/mol. The lowest BCUT2D eigenvalue weighted by Crippen LogP contribution is -2.48. The lowest BCUT2D eigenvalue weighted by molar-refractivity contribution is 0.00680. The third-order valence-corrected chi connectivity index (χ3v) is 4.70. The Morgan fingerprint density at radius 3 is 2.57 bits per heavy atom. The average Bonchev–Trinajstić information content (AvgIpc) is 2.47. The molecule has 0 amide bonds. The van der Waals surface area contributed by atoms with Crippen molar-refractivity contribution in [3.05, 3.63) is 35.9 Å². The van der Waals surface area contributed by atoms with Crippen molar-refractivity contribution in [1.82, 2.24) is 9.80 Å². The second-order valence-electron chi connectivity index (χ2n) is 7.30. The van der Waals surface area contributed by atoms with E-state index >= 15 is 0 Å². The van der Waals surface area contributed by atoms with Crippen LogP contribution in [0.15, 0.2) is 30.3 Å². The fourth-order valence-corrected chi connectivity index (χ4v) is 3.35. The smallest absolute Gasteiger partial charge is 0.0853 e. The Morgan fingerprint density at radius 2 is 1.95 bits per heavy atom.